The molecule has 2 bridgehead atoms. The van der Waals surface area contributed by atoms with E-state index in [0.717, 1.165) is 32.1 Å². The molecule has 2 amide bonds. The molecule has 5 nitrogen and oxygen atoms in total. The van der Waals surface area contributed by atoms with Gasteiger partial charge in [-0.2, -0.15) is 0 Å². The highest BCUT2D eigenvalue weighted by molar-refractivity contribution is 9.12. The second-order valence-corrected chi connectivity index (χ2v) is 10.8. The molecule has 1 heterocycles. The van der Waals surface area contributed by atoms with Crippen molar-refractivity contribution in [1.82, 2.24) is 0 Å². The van der Waals surface area contributed by atoms with Crippen LogP contribution < -0.4 is 4.90 Å². The highest BCUT2D eigenvalue weighted by Gasteiger charge is 2.66. The fraction of sp³-hybridized carbons (Fsp3) is 0.591. The lowest BCUT2D eigenvalue weighted by Gasteiger charge is -2.28. The molecule has 4 aliphatic rings. The molecule has 3 aliphatic carbocycles. The van der Waals surface area contributed by atoms with Gasteiger partial charge in [-0.05, 0) is 68.2 Å². The molecule has 0 unspecified atom stereocenters. The number of rotatable bonds is 3. The van der Waals surface area contributed by atoms with Crippen molar-refractivity contribution in [3.63, 3.8) is 0 Å². The van der Waals surface area contributed by atoms with Crippen molar-refractivity contribution in [2.45, 2.75) is 54.3 Å². The van der Waals surface area contributed by atoms with Gasteiger partial charge < -0.3 is 4.74 Å². The Bertz CT molecular complexity index is 819. The molecule has 0 aromatic heterocycles. The first kappa shape index (κ1) is 19.7. The fourth-order valence-electron chi connectivity index (χ4n) is 5.75. The van der Waals surface area contributed by atoms with Gasteiger partial charge in [0.1, 0.15) is 6.10 Å². The van der Waals surface area contributed by atoms with Gasteiger partial charge in [0.2, 0.25) is 11.8 Å². The van der Waals surface area contributed by atoms with Crippen LogP contribution in [-0.2, 0) is 14.3 Å². The molecular formula is C22H23Br2NO4. The summed E-state index contributed by atoms with van der Waals surface area (Å²) in [6.07, 6.45) is 6.18. The SMILES string of the molecule is O=C(OC1CCCCC1)c1ccc(N2C(=O)[C@H]3[C@@H]4C[C@H]([C@@H](Br)[C@H]4Br)[C@@H]3C2=O)cc1. The van der Waals surface area contributed by atoms with Crippen LogP contribution in [0.25, 0.3) is 0 Å². The summed E-state index contributed by atoms with van der Waals surface area (Å²) >= 11 is 7.41. The third-order valence-electron chi connectivity index (χ3n) is 7.17. The van der Waals surface area contributed by atoms with E-state index in [1.54, 1.807) is 24.3 Å². The summed E-state index contributed by atoms with van der Waals surface area (Å²) in [5.41, 5.74) is 1.000. The maximum atomic E-state index is 13.1. The van der Waals surface area contributed by atoms with Gasteiger partial charge in [0, 0.05) is 9.65 Å². The van der Waals surface area contributed by atoms with E-state index in [-0.39, 0.29) is 57.2 Å². The Morgan fingerprint density at radius 1 is 0.897 bits per heavy atom. The zero-order chi connectivity index (χ0) is 20.3. The lowest BCUT2D eigenvalue weighted by Crippen LogP contribution is -2.37. The number of ether oxygens (including phenoxy) is 1. The lowest BCUT2D eigenvalue weighted by atomic mass is 9.81. The van der Waals surface area contributed by atoms with Crippen molar-refractivity contribution in [3.8, 4) is 0 Å². The molecular weight excluding hydrogens is 502 g/mol. The van der Waals surface area contributed by atoms with Gasteiger partial charge in [0.05, 0.1) is 23.1 Å². The van der Waals surface area contributed by atoms with E-state index in [1.807, 2.05) is 0 Å². The number of benzene rings is 1. The van der Waals surface area contributed by atoms with Crippen molar-refractivity contribution >= 4 is 55.3 Å². The van der Waals surface area contributed by atoms with Crippen LogP contribution in [0.15, 0.2) is 24.3 Å². The van der Waals surface area contributed by atoms with Crippen LogP contribution in [0.2, 0.25) is 0 Å². The van der Waals surface area contributed by atoms with Crippen LogP contribution in [0.1, 0.15) is 48.9 Å². The number of hydrogen-bond acceptors (Lipinski definition) is 4. The van der Waals surface area contributed by atoms with Crippen LogP contribution >= 0.6 is 31.9 Å². The van der Waals surface area contributed by atoms with Gasteiger partial charge in [0.25, 0.3) is 0 Å². The van der Waals surface area contributed by atoms with E-state index in [2.05, 4.69) is 31.9 Å². The fourth-order valence-corrected chi connectivity index (χ4v) is 7.63. The molecule has 29 heavy (non-hydrogen) atoms. The Kier molecular flexibility index (Phi) is 5.09. The molecule has 1 saturated heterocycles. The molecule has 0 spiro atoms. The summed E-state index contributed by atoms with van der Waals surface area (Å²) < 4.78 is 5.61. The van der Waals surface area contributed by atoms with Gasteiger partial charge in [0.15, 0.2) is 0 Å². The minimum atomic E-state index is -0.332. The molecule has 3 saturated carbocycles. The minimum absolute atomic E-state index is 0.00177. The Morgan fingerprint density at radius 3 is 2.00 bits per heavy atom. The van der Waals surface area contributed by atoms with E-state index in [0.29, 0.717) is 11.3 Å². The summed E-state index contributed by atoms with van der Waals surface area (Å²) in [5, 5.41) is 0. The highest BCUT2D eigenvalue weighted by atomic mass is 79.9. The number of amides is 2. The number of alkyl halides is 2. The van der Waals surface area contributed by atoms with Crippen LogP contribution in [0, 0.1) is 23.7 Å². The average Bonchev–Trinajstić information content (AvgIpc) is 3.34. The largest absolute Gasteiger partial charge is 0.459 e. The van der Waals surface area contributed by atoms with Crippen LogP contribution in [0.4, 0.5) is 5.69 Å². The van der Waals surface area contributed by atoms with E-state index in [4.69, 9.17) is 4.74 Å². The summed E-state index contributed by atoms with van der Waals surface area (Å²) in [4.78, 5) is 40.4. The van der Waals surface area contributed by atoms with Crippen molar-refractivity contribution in [3.05, 3.63) is 29.8 Å². The first-order chi connectivity index (χ1) is 14.0. The molecule has 0 N–H and O–H groups in total. The molecule has 5 rings (SSSR count). The number of imide groups is 1. The first-order valence-corrected chi connectivity index (χ1v) is 12.3. The topological polar surface area (TPSA) is 63.7 Å². The monoisotopic (exact) mass is 523 g/mol. The number of halogens is 2. The summed E-state index contributed by atoms with van der Waals surface area (Å²) in [6, 6.07) is 6.69. The van der Waals surface area contributed by atoms with E-state index >= 15 is 0 Å². The van der Waals surface area contributed by atoms with Crippen molar-refractivity contribution in [2.24, 2.45) is 23.7 Å². The molecule has 1 aromatic rings. The number of carbonyl (C=O) groups excluding carboxylic acids is 3. The van der Waals surface area contributed by atoms with Gasteiger partial charge in [-0.1, -0.05) is 38.3 Å². The second kappa shape index (κ2) is 7.49. The number of esters is 1. The zero-order valence-corrected chi connectivity index (χ0v) is 19.1. The third kappa shape index (κ3) is 3.11. The number of anilines is 1. The summed E-state index contributed by atoms with van der Waals surface area (Å²) in [5.74, 6) is -0.617. The number of hydrogen-bond donors (Lipinski definition) is 0. The molecule has 1 aliphatic heterocycles. The maximum absolute atomic E-state index is 13.1. The zero-order valence-electron chi connectivity index (χ0n) is 15.9. The van der Waals surface area contributed by atoms with E-state index in [9.17, 15) is 14.4 Å². The van der Waals surface area contributed by atoms with Crippen molar-refractivity contribution in [2.75, 3.05) is 4.90 Å². The number of carbonyl (C=O) groups is 3. The third-order valence-corrected chi connectivity index (χ3v) is 10.4. The Hall–Kier alpha value is -1.21. The van der Waals surface area contributed by atoms with Crippen molar-refractivity contribution < 1.29 is 19.1 Å². The maximum Gasteiger partial charge on any atom is 0.338 e. The molecule has 6 atom stereocenters. The predicted molar refractivity (Wildman–Crippen MR) is 115 cm³/mol. The Morgan fingerprint density at radius 2 is 1.45 bits per heavy atom. The molecule has 1 aromatic carbocycles. The van der Waals surface area contributed by atoms with Crippen LogP contribution in [-0.4, -0.2) is 33.5 Å². The van der Waals surface area contributed by atoms with Gasteiger partial charge in [-0.15, -0.1) is 0 Å². The normalized spacial score (nSPS) is 36.6. The summed E-state index contributed by atoms with van der Waals surface area (Å²) in [7, 11) is 0. The molecule has 154 valence electrons. The smallest absolute Gasteiger partial charge is 0.338 e. The second-order valence-electron chi connectivity index (χ2n) is 8.73. The standard InChI is InChI=1S/C22H23Br2NO4/c23-18-14-10-15(19(18)24)17-16(14)20(26)25(21(17)27)12-8-6-11(7-9-12)22(28)29-13-4-2-1-3-5-13/h6-9,13-19H,1-5,10H2/t14-,15-,16-,17-,18-,19+/m0/s1. The minimum Gasteiger partial charge on any atom is -0.459 e. The van der Waals surface area contributed by atoms with Gasteiger partial charge >= 0.3 is 5.97 Å². The van der Waals surface area contributed by atoms with Gasteiger partial charge in [-0.3, -0.25) is 14.5 Å². The Labute approximate surface area is 186 Å². The average molecular weight is 525 g/mol. The van der Waals surface area contributed by atoms with Crippen molar-refractivity contribution in [1.29, 1.82) is 0 Å². The summed E-state index contributed by atoms with van der Waals surface area (Å²) in [6.45, 7) is 0. The predicted octanol–water partition coefficient (Wildman–Crippen LogP) is 4.46. The number of fused-ring (bicyclic) bond motifs is 5. The number of nitrogens with zero attached hydrogens (tertiary/aromatic N) is 1. The van der Waals surface area contributed by atoms with Gasteiger partial charge in [-0.25, -0.2) is 4.79 Å². The van der Waals surface area contributed by atoms with E-state index in [1.165, 1.54) is 11.3 Å². The lowest BCUT2D eigenvalue weighted by molar-refractivity contribution is -0.123. The molecule has 7 heteroatoms. The van der Waals surface area contributed by atoms with E-state index < -0.39 is 0 Å². The van der Waals surface area contributed by atoms with Crippen LogP contribution in [0.5, 0.6) is 0 Å². The molecule has 4 fully saturated rings. The Balaban J connectivity index is 1.32. The molecule has 0 radical (unpaired) electrons. The first-order valence-electron chi connectivity index (χ1n) is 10.4. The quantitative estimate of drug-likeness (QED) is 0.333. The highest BCUT2D eigenvalue weighted by Crippen LogP contribution is 2.60. The van der Waals surface area contributed by atoms with Crippen LogP contribution in [0.3, 0.4) is 0 Å².